The Kier molecular flexibility index (Phi) is 3.98. The molecule has 0 spiro atoms. The van der Waals surface area contributed by atoms with Crippen LogP contribution in [0, 0.1) is 5.92 Å². The van der Waals surface area contributed by atoms with Crippen LogP contribution in [0.4, 0.5) is 0 Å². The first-order valence-electron chi connectivity index (χ1n) is 6.77. The van der Waals surface area contributed by atoms with Gasteiger partial charge in [-0.2, -0.15) is 0 Å². The van der Waals surface area contributed by atoms with E-state index in [1.54, 1.807) is 0 Å². The van der Waals surface area contributed by atoms with Gasteiger partial charge in [-0.3, -0.25) is 4.99 Å². The fourth-order valence-electron chi connectivity index (χ4n) is 2.34. The van der Waals surface area contributed by atoms with Crippen molar-refractivity contribution in [3.63, 3.8) is 0 Å². The summed E-state index contributed by atoms with van der Waals surface area (Å²) >= 11 is 0. The molecule has 0 radical (unpaired) electrons. The van der Waals surface area contributed by atoms with E-state index in [0.29, 0.717) is 6.04 Å². The first-order valence-corrected chi connectivity index (χ1v) is 6.77. The van der Waals surface area contributed by atoms with Crippen LogP contribution in [-0.4, -0.2) is 11.8 Å². The van der Waals surface area contributed by atoms with E-state index in [4.69, 9.17) is 4.99 Å². The number of nitrogens with zero attached hydrogens (tertiary/aromatic N) is 1. The summed E-state index contributed by atoms with van der Waals surface area (Å²) < 4.78 is 0. The predicted octanol–water partition coefficient (Wildman–Crippen LogP) is 4.47. The minimum absolute atomic E-state index is 0.385. The minimum Gasteiger partial charge on any atom is -0.282 e. The van der Waals surface area contributed by atoms with Gasteiger partial charge in [-0.25, -0.2) is 0 Å². The Labute approximate surface area is 105 Å². The molecular formula is C16H23N. The second-order valence-corrected chi connectivity index (χ2v) is 5.37. The van der Waals surface area contributed by atoms with Crippen molar-refractivity contribution in [3.05, 3.63) is 36.5 Å². The van der Waals surface area contributed by atoms with Gasteiger partial charge in [0.1, 0.15) is 0 Å². The summed E-state index contributed by atoms with van der Waals surface area (Å²) in [6.07, 6.45) is 12.3. The average Bonchev–Trinajstić information content (AvgIpc) is 2.26. The highest BCUT2D eigenvalue weighted by molar-refractivity contribution is 6.03. The van der Waals surface area contributed by atoms with Crippen molar-refractivity contribution in [1.82, 2.24) is 0 Å². The molecule has 17 heavy (non-hydrogen) atoms. The highest BCUT2D eigenvalue weighted by Gasteiger charge is 2.17. The quantitative estimate of drug-likeness (QED) is 0.498. The SMILES string of the molecule is C=C(C)C(=C)C1=NC(C=CC2CCC2)CCC1. The van der Waals surface area contributed by atoms with E-state index >= 15 is 0 Å². The minimum atomic E-state index is 0.385. The molecule has 0 bridgehead atoms. The van der Waals surface area contributed by atoms with Crippen LogP contribution >= 0.6 is 0 Å². The molecule has 1 nitrogen and oxygen atoms in total. The molecule has 2 rings (SSSR count). The topological polar surface area (TPSA) is 12.4 Å². The lowest BCUT2D eigenvalue weighted by Crippen LogP contribution is -2.16. The van der Waals surface area contributed by atoms with Gasteiger partial charge in [-0.1, -0.05) is 31.7 Å². The third kappa shape index (κ3) is 3.18. The molecule has 1 heterocycles. The maximum absolute atomic E-state index is 4.80. The van der Waals surface area contributed by atoms with E-state index in [2.05, 4.69) is 25.3 Å². The Morgan fingerprint density at radius 3 is 2.53 bits per heavy atom. The van der Waals surface area contributed by atoms with Gasteiger partial charge in [0.25, 0.3) is 0 Å². The second kappa shape index (κ2) is 5.48. The zero-order chi connectivity index (χ0) is 12.3. The first kappa shape index (κ1) is 12.3. The number of allylic oxidation sites excluding steroid dienone is 3. The van der Waals surface area contributed by atoms with Crippen molar-refractivity contribution in [2.75, 3.05) is 0 Å². The summed E-state index contributed by atoms with van der Waals surface area (Å²) in [6, 6.07) is 0.385. The largest absolute Gasteiger partial charge is 0.282 e. The molecule has 92 valence electrons. The monoisotopic (exact) mass is 229 g/mol. The van der Waals surface area contributed by atoms with Gasteiger partial charge in [0, 0.05) is 5.71 Å². The van der Waals surface area contributed by atoms with Crippen molar-refractivity contribution in [1.29, 1.82) is 0 Å². The smallest absolute Gasteiger partial charge is 0.0683 e. The van der Waals surface area contributed by atoms with Crippen LogP contribution in [0.5, 0.6) is 0 Å². The number of rotatable bonds is 4. The number of hydrogen-bond donors (Lipinski definition) is 0. The molecule has 2 aliphatic rings. The van der Waals surface area contributed by atoms with E-state index in [1.807, 2.05) is 6.92 Å². The molecule has 0 amide bonds. The highest BCUT2D eigenvalue weighted by atomic mass is 14.8. The Morgan fingerprint density at radius 2 is 1.94 bits per heavy atom. The van der Waals surface area contributed by atoms with Crippen molar-refractivity contribution in [2.45, 2.75) is 51.5 Å². The summed E-state index contributed by atoms with van der Waals surface area (Å²) in [4.78, 5) is 4.80. The molecule has 1 atom stereocenters. The van der Waals surface area contributed by atoms with Gasteiger partial charge in [0.05, 0.1) is 6.04 Å². The second-order valence-electron chi connectivity index (χ2n) is 5.37. The fraction of sp³-hybridized carbons (Fsp3) is 0.562. The summed E-state index contributed by atoms with van der Waals surface area (Å²) in [5.41, 5.74) is 3.27. The van der Waals surface area contributed by atoms with E-state index in [9.17, 15) is 0 Å². The van der Waals surface area contributed by atoms with Crippen LogP contribution in [0.15, 0.2) is 41.4 Å². The molecule has 0 aromatic carbocycles. The Morgan fingerprint density at radius 1 is 1.18 bits per heavy atom. The summed E-state index contributed by atoms with van der Waals surface area (Å²) in [6.45, 7) is 10.0. The molecule has 1 aliphatic carbocycles. The van der Waals surface area contributed by atoms with Gasteiger partial charge in [-0.05, 0) is 56.1 Å². The zero-order valence-corrected chi connectivity index (χ0v) is 10.9. The van der Waals surface area contributed by atoms with Crippen LogP contribution in [0.25, 0.3) is 0 Å². The van der Waals surface area contributed by atoms with E-state index in [-0.39, 0.29) is 0 Å². The molecule has 1 aliphatic heterocycles. The van der Waals surface area contributed by atoms with Gasteiger partial charge in [0.15, 0.2) is 0 Å². The summed E-state index contributed by atoms with van der Waals surface area (Å²) in [7, 11) is 0. The standard InChI is InChI=1S/C16H23N/c1-12(2)13(3)16-9-5-8-15(17-16)11-10-14-6-4-7-14/h10-11,14-15H,1,3-9H2,2H3. The van der Waals surface area contributed by atoms with Crippen LogP contribution in [0.3, 0.4) is 0 Å². The fourth-order valence-corrected chi connectivity index (χ4v) is 2.34. The lowest BCUT2D eigenvalue weighted by molar-refractivity contribution is 0.386. The predicted molar refractivity (Wildman–Crippen MR) is 75.5 cm³/mol. The van der Waals surface area contributed by atoms with Gasteiger partial charge < -0.3 is 0 Å². The molecule has 1 saturated carbocycles. The maximum atomic E-state index is 4.80. The molecule has 0 aromatic heterocycles. The third-order valence-corrected chi connectivity index (χ3v) is 3.85. The van der Waals surface area contributed by atoms with Gasteiger partial charge >= 0.3 is 0 Å². The molecular weight excluding hydrogens is 206 g/mol. The van der Waals surface area contributed by atoms with Gasteiger partial charge in [-0.15, -0.1) is 0 Å². The number of hydrogen-bond acceptors (Lipinski definition) is 1. The van der Waals surface area contributed by atoms with Crippen molar-refractivity contribution in [3.8, 4) is 0 Å². The zero-order valence-electron chi connectivity index (χ0n) is 10.9. The molecule has 0 aromatic rings. The number of aliphatic imine (C=N–C) groups is 1. The van der Waals surface area contributed by atoms with Crippen molar-refractivity contribution in [2.24, 2.45) is 10.9 Å². The summed E-state index contributed by atoms with van der Waals surface area (Å²) in [5.74, 6) is 0.833. The van der Waals surface area contributed by atoms with Crippen molar-refractivity contribution < 1.29 is 0 Å². The van der Waals surface area contributed by atoms with E-state index < -0.39 is 0 Å². The highest BCUT2D eigenvalue weighted by Crippen LogP contribution is 2.28. The lowest BCUT2D eigenvalue weighted by Gasteiger charge is -2.23. The molecule has 1 unspecified atom stereocenters. The van der Waals surface area contributed by atoms with E-state index in [1.165, 1.54) is 37.8 Å². The van der Waals surface area contributed by atoms with Crippen LogP contribution in [-0.2, 0) is 0 Å². The van der Waals surface area contributed by atoms with Crippen LogP contribution in [0.1, 0.15) is 45.4 Å². The van der Waals surface area contributed by atoms with Crippen molar-refractivity contribution >= 4 is 5.71 Å². The first-order chi connectivity index (χ1) is 8.16. The van der Waals surface area contributed by atoms with Crippen LogP contribution in [0.2, 0.25) is 0 Å². The Balaban J connectivity index is 1.98. The Hall–Kier alpha value is -1.11. The van der Waals surface area contributed by atoms with E-state index in [0.717, 1.165) is 23.5 Å². The Bertz CT molecular complexity index is 369. The third-order valence-electron chi connectivity index (χ3n) is 3.85. The van der Waals surface area contributed by atoms with Crippen LogP contribution < -0.4 is 0 Å². The molecule has 1 heteroatoms. The van der Waals surface area contributed by atoms with Gasteiger partial charge in [0.2, 0.25) is 0 Å². The molecule has 0 N–H and O–H groups in total. The average molecular weight is 229 g/mol. The normalized spacial score (nSPS) is 25.5. The lowest BCUT2D eigenvalue weighted by atomic mass is 9.84. The maximum Gasteiger partial charge on any atom is 0.0683 e. The molecule has 0 saturated heterocycles. The molecule has 1 fully saturated rings. The summed E-state index contributed by atoms with van der Waals surface area (Å²) in [5, 5.41) is 0.